The minimum atomic E-state index is -5.52. The first-order valence-corrected chi connectivity index (χ1v) is 17.1. The number of aliphatic imine (C=N–C) groups is 2. The molecular weight excluding hydrogens is 700 g/mol. The highest BCUT2D eigenvalue weighted by Gasteiger charge is 2.64. The van der Waals surface area contributed by atoms with Crippen molar-refractivity contribution in [2.24, 2.45) is 32.9 Å². The van der Waals surface area contributed by atoms with Gasteiger partial charge in [-0.1, -0.05) is 0 Å². The highest BCUT2D eigenvalue weighted by atomic mass is 31.2. The van der Waals surface area contributed by atoms with Crippen LogP contribution in [0.1, 0.15) is 6.92 Å². The van der Waals surface area contributed by atoms with Gasteiger partial charge in [0.15, 0.2) is 30.1 Å². The van der Waals surface area contributed by atoms with Gasteiger partial charge < -0.3 is 97.4 Å². The fraction of sp³-hybridized carbons (Fsp3) is 0.905. The number of nitrogens with two attached hydrogens (primary N) is 4. The van der Waals surface area contributed by atoms with E-state index in [-0.39, 0.29) is 0 Å². The predicted molar refractivity (Wildman–Crippen MR) is 156 cm³/mol. The molecule has 280 valence electrons. The van der Waals surface area contributed by atoms with Crippen LogP contribution in [-0.2, 0) is 37.1 Å². The molecule has 27 heteroatoms. The number of nitrogens with zero attached hydrogens (tertiary/aromatic N) is 2. The number of aliphatic hydroxyl groups is 6. The average molecular weight is 744 g/mol. The van der Waals surface area contributed by atoms with E-state index in [9.17, 15) is 59.3 Å². The molecule has 0 bridgehead atoms. The van der Waals surface area contributed by atoms with Gasteiger partial charge in [-0.3, -0.25) is 9.05 Å². The van der Waals surface area contributed by atoms with Crippen molar-refractivity contribution in [3.63, 3.8) is 0 Å². The van der Waals surface area contributed by atoms with E-state index in [2.05, 4.69) is 15.3 Å². The topological polar surface area (TPSA) is 433 Å². The van der Waals surface area contributed by atoms with Gasteiger partial charge in [-0.2, -0.15) is 0 Å². The summed E-state index contributed by atoms with van der Waals surface area (Å²) in [6, 6.07) is -4.93. The lowest BCUT2D eigenvalue weighted by Gasteiger charge is -2.46. The van der Waals surface area contributed by atoms with Crippen LogP contribution >= 0.6 is 15.6 Å². The molecule has 0 spiro atoms. The molecule has 0 aromatic heterocycles. The third kappa shape index (κ3) is 8.96. The van der Waals surface area contributed by atoms with E-state index in [1.54, 1.807) is 0 Å². The van der Waals surface area contributed by atoms with E-state index in [1.807, 2.05) is 0 Å². The number of aliphatic hydroxyl groups excluding tert-OH is 6. The third-order valence-electron chi connectivity index (χ3n) is 7.98. The molecule has 19 N–H and O–H groups in total. The molecule has 1 saturated carbocycles. The Labute approximate surface area is 271 Å². The van der Waals surface area contributed by atoms with Gasteiger partial charge in [0.05, 0.1) is 25.4 Å². The summed E-state index contributed by atoms with van der Waals surface area (Å²) in [5.74, 6) is -1.41. The first kappa shape index (κ1) is 40.7. The quantitative estimate of drug-likeness (QED) is 0.0473. The smallest absolute Gasteiger partial charge is 0.394 e. The highest BCUT2D eigenvalue weighted by molar-refractivity contribution is 7.46. The van der Waals surface area contributed by atoms with Crippen LogP contribution in [0.5, 0.6) is 0 Å². The van der Waals surface area contributed by atoms with E-state index in [1.165, 1.54) is 14.0 Å². The number of phosphoric ester groups is 2. The van der Waals surface area contributed by atoms with E-state index in [4.69, 9.17) is 50.9 Å². The van der Waals surface area contributed by atoms with Gasteiger partial charge in [0, 0.05) is 0 Å². The summed E-state index contributed by atoms with van der Waals surface area (Å²) >= 11 is 0. The van der Waals surface area contributed by atoms with Gasteiger partial charge in [-0.25, -0.2) is 19.1 Å². The van der Waals surface area contributed by atoms with E-state index >= 15 is 0 Å². The second-order valence-electron chi connectivity index (χ2n) is 11.2. The zero-order chi connectivity index (χ0) is 36.5. The van der Waals surface area contributed by atoms with Crippen LogP contribution in [0.25, 0.3) is 0 Å². The lowest BCUT2D eigenvalue weighted by molar-refractivity contribution is -0.316. The fourth-order valence-corrected chi connectivity index (χ4v) is 7.12. The number of hydrogen-bond donors (Lipinski definition) is 15. The third-order valence-corrected chi connectivity index (χ3v) is 9.07. The van der Waals surface area contributed by atoms with Crippen LogP contribution in [0.3, 0.4) is 0 Å². The van der Waals surface area contributed by atoms with Crippen LogP contribution in [0.15, 0.2) is 9.98 Å². The standard InChI is InChI=1S/C21H43N7O18P2/c1-5-21(4-30,46-48(38,39)40)16(44-17-9(26-2)12(33)10(31)6(3-29)42-17)18(41-5)43-14-7(27-19(22)23)11(32)8(28-20(24)25)15(13(14)34)45-47(35,36)37/h5-18,26,29-34H,3-4H2,1-2H3,(H4,22,23,27)(H4,24,25,28)(H2,35,36,37)(H2,38,39,40)/t5-,6-,7-,8+,9-,10-,11-,12-,13-,14+,15-,16-,17-,18?,21+/m0/s1. The number of likely N-dealkylation sites (N-methyl/N-ethyl adjacent to an activating group) is 1. The second kappa shape index (κ2) is 15.7. The number of hydrogen-bond acceptors (Lipinski definition) is 17. The normalized spacial score (nSPS) is 42.3. The predicted octanol–water partition coefficient (Wildman–Crippen LogP) is -8.13. The molecule has 0 aromatic carbocycles. The summed E-state index contributed by atoms with van der Waals surface area (Å²) in [5, 5.41) is 66.4. The van der Waals surface area contributed by atoms with Crippen molar-refractivity contribution >= 4 is 27.6 Å². The van der Waals surface area contributed by atoms with Gasteiger partial charge >= 0.3 is 15.6 Å². The maximum Gasteiger partial charge on any atom is 0.470 e. The van der Waals surface area contributed by atoms with Crippen molar-refractivity contribution in [1.29, 1.82) is 0 Å². The van der Waals surface area contributed by atoms with Crippen molar-refractivity contribution in [3.05, 3.63) is 0 Å². The Hall–Kier alpha value is -1.68. The highest BCUT2D eigenvalue weighted by Crippen LogP contribution is 2.50. The number of ether oxygens (including phenoxy) is 4. The van der Waals surface area contributed by atoms with Crippen molar-refractivity contribution < 1.29 is 87.3 Å². The van der Waals surface area contributed by atoms with Crippen molar-refractivity contribution in [2.45, 2.75) is 98.2 Å². The summed E-state index contributed by atoms with van der Waals surface area (Å²) in [4.78, 5) is 46.2. The van der Waals surface area contributed by atoms with Crippen LogP contribution in [-0.4, -0.2) is 174 Å². The Balaban J connectivity index is 2.15. The second-order valence-corrected chi connectivity index (χ2v) is 13.5. The largest absolute Gasteiger partial charge is 0.470 e. The maximum absolute atomic E-state index is 12.1. The summed E-state index contributed by atoms with van der Waals surface area (Å²) in [7, 11) is -9.66. The minimum absolute atomic E-state index is 0.698. The van der Waals surface area contributed by atoms with Crippen molar-refractivity contribution in [1.82, 2.24) is 5.32 Å². The monoisotopic (exact) mass is 743 g/mol. The van der Waals surface area contributed by atoms with Gasteiger partial charge in [-0.05, 0) is 14.0 Å². The first-order chi connectivity index (χ1) is 22.1. The van der Waals surface area contributed by atoms with Crippen LogP contribution in [0.4, 0.5) is 0 Å². The lowest BCUT2D eigenvalue weighted by atomic mass is 9.81. The molecule has 2 aliphatic heterocycles. The Morgan fingerprint density at radius 1 is 0.812 bits per heavy atom. The molecule has 0 aromatic rings. The Morgan fingerprint density at radius 3 is 1.83 bits per heavy atom. The zero-order valence-corrected chi connectivity index (χ0v) is 27.1. The minimum Gasteiger partial charge on any atom is -0.394 e. The average Bonchev–Trinajstić information content (AvgIpc) is 3.20. The molecule has 48 heavy (non-hydrogen) atoms. The molecule has 15 atom stereocenters. The molecule has 3 fully saturated rings. The molecule has 1 aliphatic carbocycles. The van der Waals surface area contributed by atoms with E-state index in [0.29, 0.717) is 0 Å². The summed E-state index contributed by atoms with van der Waals surface area (Å²) < 4.78 is 56.8. The van der Waals surface area contributed by atoms with Crippen LogP contribution in [0.2, 0.25) is 0 Å². The van der Waals surface area contributed by atoms with E-state index in [0.717, 1.165) is 0 Å². The van der Waals surface area contributed by atoms with Crippen molar-refractivity contribution in [2.75, 3.05) is 20.3 Å². The summed E-state index contributed by atoms with van der Waals surface area (Å²) in [6.07, 6.45) is -20.5. The molecule has 0 radical (unpaired) electrons. The number of phosphoric acid groups is 2. The molecule has 2 saturated heterocycles. The zero-order valence-electron chi connectivity index (χ0n) is 25.3. The first-order valence-electron chi connectivity index (χ1n) is 14.0. The molecular formula is C21H43N7O18P2. The molecule has 3 aliphatic rings. The lowest BCUT2D eigenvalue weighted by Crippen LogP contribution is -2.67. The Bertz CT molecular complexity index is 1250. The van der Waals surface area contributed by atoms with Gasteiger partial charge in [0.1, 0.15) is 60.9 Å². The SMILES string of the molecule is CN[C@@H]1[C@H](O[C@H]2C(O[C@H]3[C@H](O)[C@@H](OP(=O)(O)O)[C@H](N=C(N)N)[C@@H](O)[C@@H]3N=C(N)N)O[C@@H](C)[C@@]2(CO)OP(=O)(O)O)O[C@@H](CO)[C@H](O)[C@H]1O. The van der Waals surface area contributed by atoms with E-state index < -0.39 is 132 Å². The maximum atomic E-state index is 12.1. The van der Waals surface area contributed by atoms with Crippen LogP contribution in [0, 0.1) is 0 Å². The van der Waals surface area contributed by atoms with Crippen molar-refractivity contribution in [3.8, 4) is 0 Å². The van der Waals surface area contributed by atoms with Gasteiger partial charge in [0.25, 0.3) is 0 Å². The molecule has 1 unspecified atom stereocenters. The Morgan fingerprint density at radius 2 is 1.38 bits per heavy atom. The Kier molecular flexibility index (Phi) is 13.3. The van der Waals surface area contributed by atoms with Gasteiger partial charge in [-0.15, -0.1) is 0 Å². The number of guanidine groups is 2. The molecule has 2 heterocycles. The van der Waals surface area contributed by atoms with Crippen LogP contribution < -0.4 is 28.3 Å². The number of nitrogens with one attached hydrogen (secondary N) is 1. The molecule has 0 amide bonds. The number of rotatable bonds is 13. The molecule has 25 nitrogen and oxygen atoms in total. The summed E-state index contributed by atoms with van der Waals surface area (Å²) in [6.45, 7) is -0.911. The van der Waals surface area contributed by atoms with Gasteiger partial charge in [0.2, 0.25) is 0 Å². The summed E-state index contributed by atoms with van der Waals surface area (Å²) in [5.41, 5.74) is 19.3. The molecule has 3 rings (SSSR count). The fourth-order valence-electron chi connectivity index (χ4n) is 5.80.